The van der Waals surface area contributed by atoms with Gasteiger partial charge in [0.1, 0.15) is 11.5 Å². The highest BCUT2D eigenvalue weighted by Crippen LogP contribution is 2.17. The minimum atomic E-state index is 0. The van der Waals surface area contributed by atoms with Gasteiger partial charge in [0.2, 0.25) is 0 Å². The first-order chi connectivity index (χ1) is 3.43. The van der Waals surface area contributed by atoms with Gasteiger partial charge in [0.15, 0.2) is 0 Å². The van der Waals surface area contributed by atoms with Crippen LogP contribution in [0, 0.1) is 0 Å². The number of carbonyl (C=O) groups excluding carboxylic acids is 1. The molecule has 0 aromatic heterocycles. The highest BCUT2D eigenvalue weighted by atomic mass is 32.2. The fraction of sp³-hybridized carbons (Fsp3) is 0.667. The summed E-state index contributed by atoms with van der Waals surface area (Å²) in [6.45, 7) is 0.564. The average Bonchev–Trinajstić information content (AvgIpc) is 2.14. The van der Waals surface area contributed by atoms with E-state index in [1.807, 2.05) is 0 Å². The molecule has 0 amide bonds. The van der Waals surface area contributed by atoms with Crippen molar-refractivity contribution in [2.75, 3.05) is 6.54 Å². The summed E-state index contributed by atoms with van der Waals surface area (Å²) in [5, 5.41) is 3.59. The molecule has 1 rings (SSSR count). The van der Waals surface area contributed by atoms with Crippen LogP contribution in [-0.4, -0.2) is 18.1 Å². The number of aldehydes is 1. The van der Waals surface area contributed by atoms with Crippen LogP contribution in [0.5, 0.6) is 0 Å². The molecule has 0 saturated heterocycles. The summed E-state index contributed by atoms with van der Waals surface area (Å²) in [5.41, 5.74) is 0. The maximum absolute atomic E-state index is 9.87. The number of hydrogen-bond donors (Lipinski definition) is 0. The van der Waals surface area contributed by atoms with Crippen LogP contribution in [-0.2, 0) is 4.79 Å². The first-order valence-corrected chi connectivity index (χ1v) is 2.75. The topological polar surface area (TPSA) is 41.8 Å². The molecule has 1 unspecified atom stereocenters. The minimum absolute atomic E-state index is 0. The fourth-order valence-corrected chi connectivity index (χ4v) is 0.746. The highest BCUT2D eigenvalue weighted by Gasteiger charge is 2.10. The summed E-state index contributed by atoms with van der Waals surface area (Å²) in [4.78, 5) is 9.87. The lowest BCUT2D eigenvalue weighted by Crippen LogP contribution is -2.01. The first kappa shape index (κ1) is 4.77. The molecule has 0 aromatic rings. The van der Waals surface area contributed by atoms with Gasteiger partial charge in [-0.1, -0.05) is 0 Å². The molecule has 0 aliphatic carbocycles. The van der Waals surface area contributed by atoms with Crippen LogP contribution in [0.2, 0.25) is 0 Å². The lowest BCUT2D eigenvalue weighted by atomic mass is 10.5. The summed E-state index contributed by atoms with van der Waals surface area (Å²) < 4.78 is 3.55. The lowest BCUT2D eigenvalue weighted by molar-refractivity contribution is -0.107. The SMILES string of the molecule is O=CC1CN=NS1. The Morgan fingerprint density at radius 1 is 1.86 bits per heavy atom. The zero-order chi connectivity index (χ0) is 5.11. The summed E-state index contributed by atoms with van der Waals surface area (Å²) >= 11 is 1.23. The lowest BCUT2D eigenvalue weighted by Gasteiger charge is -1.85. The van der Waals surface area contributed by atoms with Crippen LogP contribution in [0.15, 0.2) is 9.63 Å². The first-order valence-electron chi connectivity index (χ1n) is 1.91. The zero-order valence-electron chi connectivity index (χ0n) is 3.57. The van der Waals surface area contributed by atoms with Crippen LogP contribution in [0.25, 0.3) is 0 Å². The second-order valence-corrected chi connectivity index (χ2v) is 2.17. The van der Waals surface area contributed by atoms with Crippen molar-refractivity contribution in [2.24, 2.45) is 9.63 Å². The van der Waals surface area contributed by atoms with Crippen molar-refractivity contribution in [3.63, 3.8) is 0 Å². The van der Waals surface area contributed by atoms with Gasteiger partial charge in [0.05, 0.1) is 6.54 Å². The van der Waals surface area contributed by atoms with E-state index in [1.165, 1.54) is 11.9 Å². The van der Waals surface area contributed by atoms with Gasteiger partial charge in [-0.05, 0) is 0 Å². The zero-order valence-corrected chi connectivity index (χ0v) is 4.39. The van der Waals surface area contributed by atoms with E-state index in [9.17, 15) is 4.79 Å². The largest absolute Gasteiger partial charge is 0.302 e. The third-order valence-corrected chi connectivity index (χ3v) is 1.39. The Bertz CT molecular complexity index is 95.1. The molecular formula is C3H4N2OS. The minimum Gasteiger partial charge on any atom is -0.302 e. The average molecular weight is 116 g/mol. The van der Waals surface area contributed by atoms with E-state index in [4.69, 9.17) is 0 Å². The van der Waals surface area contributed by atoms with Crippen LogP contribution >= 0.6 is 11.9 Å². The second kappa shape index (κ2) is 2.07. The molecule has 38 valence electrons. The van der Waals surface area contributed by atoms with E-state index >= 15 is 0 Å². The van der Waals surface area contributed by atoms with Crippen LogP contribution in [0.1, 0.15) is 0 Å². The van der Waals surface area contributed by atoms with Gasteiger partial charge in [-0.15, -0.1) is 4.52 Å². The summed E-state index contributed by atoms with van der Waals surface area (Å²) in [7, 11) is 0. The molecule has 1 aliphatic heterocycles. The van der Waals surface area contributed by atoms with Gasteiger partial charge in [-0.3, -0.25) is 0 Å². The number of rotatable bonds is 1. The predicted octanol–water partition coefficient (Wildman–Crippen LogP) is 0.668. The Labute approximate surface area is 45.3 Å². The Balaban J connectivity index is 2.35. The Morgan fingerprint density at radius 3 is 3.00 bits per heavy atom. The van der Waals surface area contributed by atoms with E-state index in [-0.39, 0.29) is 5.25 Å². The van der Waals surface area contributed by atoms with Crippen molar-refractivity contribution in [1.82, 2.24) is 0 Å². The molecule has 4 heteroatoms. The third kappa shape index (κ3) is 0.991. The van der Waals surface area contributed by atoms with Gasteiger partial charge in [-0.25, -0.2) is 0 Å². The van der Waals surface area contributed by atoms with Crippen molar-refractivity contribution >= 4 is 18.2 Å². The number of nitrogens with zero attached hydrogens (tertiary/aromatic N) is 2. The quantitative estimate of drug-likeness (QED) is 0.373. The molecule has 0 N–H and O–H groups in total. The fourth-order valence-electron chi connectivity index (χ4n) is 0.309. The third-order valence-electron chi connectivity index (χ3n) is 0.654. The smallest absolute Gasteiger partial charge is 0.136 e. The number of carbonyl (C=O) groups is 1. The van der Waals surface area contributed by atoms with Crippen LogP contribution < -0.4 is 0 Å². The highest BCUT2D eigenvalue weighted by molar-refractivity contribution is 7.99. The molecule has 7 heavy (non-hydrogen) atoms. The molecule has 0 aromatic carbocycles. The maximum Gasteiger partial charge on any atom is 0.136 e. The Kier molecular flexibility index (Phi) is 1.41. The molecule has 0 bridgehead atoms. The van der Waals surface area contributed by atoms with Gasteiger partial charge < -0.3 is 4.79 Å². The molecule has 0 saturated carbocycles. The van der Waals surface area contributed by atoms with E-state index < -0.39 is 0 Å². The maximum atomic E-state index is 9.87. The van der Waals surface area contributed by atoms with Gasteiger partial charge in [0, 0.05) is 11.9 Å². The van der Waals surface area contributed by atoms with Crippen molar-refractivity contribution in [1.29, 1.82) is 0 Å². The van der Waals surface area contributed by atoms with E-state index in [0.717, 1.165) is 6.29 Å². The van der Waals surface area contributed by atoms with Crippen LogP contribution in [0.4, 0.5) is 0 Å². The van der Waals surface area contributed by atoms with Crippen molar-refractivity contribution in [3.05, 3.63) is 0 Å². The second-order valence-electron chi connectivity index (χ2n) is 1.19. The van der Waals surface area contributed by atoms with Gasteiger partial charge in [0.25, 0.3) is 0 Å². The normalized spacial score (nSPS) is 28.3. The van der Waals surface area contributed by atoms with E-state index in [1.54, 1.807) is 0 Å². The summed E-state index contributed by atoms with van der Waals surface area (Å²) in [5.74, 6) is 0. The molecule has 1 atom stereocenters. The standard InChI is InChI=1S/C3H4N2OS/c6-2-3-1-4-5-7-3/h2-3H,1H2. The summed E-state index contributed by atoms with van der Waals surface area (Å²) in [6, 6.07) is 0. The molecule has 0 radical (unpaired) electrons. The molecule has 1 aliphatic rings. The van der Waals surface area contributed by atoms with Crippen molar-refractivity contribution < 1.29 is 4.79 Å². The summed E-state index contributed by atoms with van der Waals surface area (Å²) in [6.07, 6.45) is 0.866. The molecule has 0 spiro atoms. The van der Waals surface area contributed by atoms with Gasteiger partial charge in [-0.2, -0.15) is 5.11 Å². The monoisotopic (exact) mass is 116 g/mol. The molecule has 1 heterocycles. The molecule has 3 nitrogen and oxygen atoms in total. The van der Waals surface area contributed by atoms with Crippen LogP contribution in [0.3, 0.4) is 0 Å². The van der Waals surface area contributed by atoms with Crippen molar-refractivity contribution in [3.8, 4) is 0 Å². The number of hydrogen-bond acceptors (Lipinski definition) is 4. The Morgan fingerprint density at radius 2 is 2.71 bits per heavy atom. The molecule has 0 fully saturated rings. The molecular weight excluding hydrogens is 112 g/mol. The predicted molar refractivity (Wildman–Crippen MR) is 27.2 cm³/mol. The van der Waals surface area contributed by atoms with E-state index in [0.29, 0.717) is 6.54 Å². The van der Waals surface area contributed by atoms with Crippen molar-refractivity contribution in [2.45, 2.75) is 5.25 Å². The van der Waals surface area contributed by atoms with Gasteiger partial charge >= 0.3 is 0 Å². The Hall–Kier alpha value is -0.380. The van der Waals surface area contributed by atoms with E-state index in [2.05, 4.69) is 9.63 Å².